The molecule has 0 unspecified atom stereocenters. The number of aromatic nitrogens is 2. The molecule has 1 aliphatic heterocycles. The molecule has 0 saturated carbocycles. The maximum atomic E-state index is 5.93. The van der Waals surface area contributed by atoms with Crippen molar-refractivity contribution in [2.75, 3.05) is 33.4 Å². The van der Waals surface area contributed by atoms with Crippen LogP contribution in [-0.4, -0.2) is 47.8 Å². The first-order valence-electron chi connectivity index (χ1n) is 9.20. The SMILES string of the molecule is COc1ccccc1OCCN1CCC[C@H](c2nccn2C(C)C)C1. The quantitative estimate of drug-likeness (QED) is 0.768. The maximum Gasteiger partial charge on any atom is 0.161 e. The molecule has 25 heavy (non-hydrogen) atoms. The highest BCUT2D eigenvalue weighted by atomic mass is 16.5. The lowest BCUT2D eigenvalue weighted by Gasteiger charge is -2.33. The fourth-order valence-corrected chi connectivity index (χ4v) is 3.57. The van der Waals surface area contributed by atoms with E-state index in [0.29, 0.717) is 18.6 Å². The molecule has 0 radical (unpaired) electrons. The molecule has 1 aliphatic rings. The molecule has 0 amide bonds. The number of nitrogens with zero attached hydrogens (tertiary/aromatic N) is 3. The molecule has 2 aromatic rings. The van der Waals surface area contributed by atoms with Gasteiger partial charge in [-0.1, -0.05) is 12.1 Å². The molecule has 3 rings (SSSR count). The average Bonchev–Trinajstić information content (AvgIpc) is 3.12. The van der Waals surface area contributed by atoms with Gasteiger partial charge in [0.25, 0.3) is 0 Å². The summed E-state index contributed by atoms with van der Waals surface area (Å²) >= 11 is 0. The maximum absolute atomic E-state index is 5.93. The van der Waals surface area contributed by atoms with Crippen molar-refractivity contribution in [3.63, 3.8) is 0 Å². The van der Waals surface area contributed by atoms with E-state index in [1.165, 1.54) is 18.7 Å². The number of benzene rings is 1. The van der Waals surface area contributed by atoms with Crippen LogP contribution in [0.25, 0.3) is 0 Å². The van der Waals surface area contributed by atoms with Gasteiger partial charge in [0.05, 0.1) is 7.11 Å². The van der Waals surface area contributed by atoms with E-state index in [4.69, 9.17) is 9.47 Å². The second-order valence-corrected chi connectivity index (χ2v) is 6.93. The summed E-state index contributed by atoms with van der Waals surface area (Å²) in [5.41, 5.74) is 0. The zero-order valence-corrected chi connectivity index (χ0v) is 15.5. The highest BCUT2D eigenvalue weighted by molar-refractivity contribution is 5.39. The first-order valence-corrected chi connectivity index (χ1v) is 9.20. The van der Waals surface area contributed by atoms with Crippen LogP contribution in [0.5, 0.6) is 11.5 Å². The summed E-state index contributed by atoms with van der Waals surface area (Å²) in [5.74, 6) is 3.34. The van der Waals surface area contributed by atoms with Gasteiger partial charge < -0.3 is 14.0 Å². The molecule has 0 aliphatic carbocycles. The lowest BCUT2D eigenvalue weighted by Crippen LogP contribution is -2.38. The van der Waals surface area contributed by atoms with Gasteiger partial charge in [-0.25, -0.2) is 4.98 Å². The summed E-state index contributed by atoms with van der Waals surface area (Å²) in [7, 11) is 1.67. The van der Waals surface area contributed by atoms with Crippen LogP contribution in [0.4, 0.5) is 0 Å². The molecule has 0 bridgehead atoms. The molecule has 5 nitrogen and oxygen atoms in total. The Kier molecular flexibility index (Phi) is 5.97. The number of rotatable bonds is 7. The number of para-hydroxylation sites is 2. The third-order valence-corrected chi connectivity index (χ3v) is 4.86. The lowest BCUT2D eigenvalue weighted by molar-refractivity contribution is 0.164. The largest absolute Gasteiger partial charge is 0.493 e. The molecule has 2 heterocycles. The monoisotopic (exact) mass is 343 g/mol. The van der Waals surface area contributed by atoms with Crippen molar-refractivity contribution in [3.8, 4) is 11.5 Å². The van der Waals surface area contributed by atoms with Gasteiger partial charge in [0.1, 0.15) is 12.4 Å². The molecular weight excluding hydrogens is 314 g/mol. The second-order valence-electron chi connectivity index (χ2n) is 6.93. The van der Waals surface area contributed by atoms with Gasteiger partial charge >= 0.3 is 0 Å². The van der Waals surface area contributed by atoms with Gasteiger partial charge in [-0.05, 0) is 45.4 Å². The van der Waals surface area contributed by atoms with Crippen molar-refractivity contribution in [2.24, 2.45) is 0 Å². The number of hydrogen-bond acceptors (Lipinski definition) is 4. The van der Waals surface area contributed by atoms with E-state index in [1.54, 1.807) is 7.11 Å². The number of methoxy groups -OCH3 is 1. The van der Waals surface area contributed by atoms with Crippen LogP contribution in [-0.2, 0) is 0 Å². The summed E-state index contributed by atoms with van der Waals surface area (Å²) in [6, 6.07) is 8.27. The average molecular weight is 343 g/mol. The second kappa shape index (κ2) is 8.39. The minimum Gasteiger partial charge on any atom is -0.493 e. The van der Waals surface area contributed by atoms with E-state index in [0.717, 1.165) is 31.1 Å². The highest BCUT2D eigenvalue weighted by Gasteiger charge is 2.25. The first kappa shape index (κ1) is 17.8. The molecule has 1 atom stereocenters. The Hall–Kier alpha value is -2.01. The molecule has 5 heteroatoms. The van der Waals surface area contributed by atoms with E-state index < -0.39 is 0 Å². The van der Waals surface area contributed by atoms with Gasteiger partial charge in [-0.3, -0.25) is 4.90 Å². The predicted octanol–water partition coefficient (Wildman–Crippen LogP) is 3.73. The zero-order valence-electron chi connectivity index (χ0n) is 15.5. The van der Waals surface area contributed by atoms with Gasteiger partial charge in [-0.15, -0.1) is 0 Å². The number of hydrogen-bond donors (Lipinski definition) is 0. The standard InChI is InChI=1S/C20H29N3O2/c1-16(2)23-12-10-21-20(23)17-7-6-11-22(15-17)13-14-25-19-9-5-4-8-18(19)24-3/h4-5,8-10,12,16-17H,6-7,11,13-15H2,1-3H3/t17-/m0/s1. The molecular formula is C20H29N3O2. The first-order chi connectivity index (χ1) is 12.2. The van der Waals surface area contributed by atoms with Crippen LogP contribution >= 0.6 is 0 Å². The molecule has 1 saturated heterocycles. The normalized spacial score (nSPS) is 18.5. The third kappa shape index (κ3) is 4.34. The Morgan fingerprint density at radius 1 is 1.24 bits per heavy atom. The molecule has 1 aromatic carbocycles. The zero-order chi connectivity index (χ0) is 17.6. The van der Waals surface area contributed by atoms with Crippen LogP contribution in [0.2, 0.25) is 0 Å². The Morgan fingerprint density at radius 2 is 2.04 bits per heavy atom. The summed E-state index contributed by atoms with van der Waals surface area (Å²) < 4.78 is 13.6. The Morgan fingerprint density at radius 3 is 2.80 bits per heavy atom. The summed E-state index contributed by atoms with van der Waals surface area (Å²) in [5, 5.41) is 0. The van der Waals surface area contributed by atoms with E-state index in [9.17, 15) is 0 Å². The van der Waals surface area contributed by atoms with E-state index in [-0.39, 0.29) is 0 Å². The number of ether oxygens (including phenoxy) is 2. The summed E-state index contributed by atoms with van der Waals surface area (Å²) in [4.78, 5) is 7.12. The Balaban J connectivity index is 1.54. The number of imidazole rings is 1. The predicted molar refractivity (Wildman–Crippen MR) is 99.5 cm³/mol. The van der Waals surface area contributed by atoms with Crippen molar-refractivity contribution >= 4 is 0 Å². The van der Waals surface area contributed by atoms with Gasteiger partial charge in [0.15, 0.2) is 11.5 Å². The third-order valence-electron chi connectivity index (χ3n) is 4.86. The lowest BCUT2D eigenvalue weighted by atomic mass is 9.97. The smallest absolute Gasteiger partial charge is 0.161 e. The Labute approximate surface area is 150 Å². The van der Waals surface area contributed by atoms with E-state index in [1.807, 2.05) is 30.5 Å². The van der Waals surface area contributed by atoms with E-state index >= 15 is 0 Å². The van der Waals surface area contributed by atoms with Crippen LogP contribution in [0.15, 0.2) is 36.7 Å². The van der Waals surface area contributed by atoms with Gasteiger partial charge in [0, 0.05) is 37.4 Å². The van der Waals surface area contributed by atoms with E-state index in [2.05, 4.69) is 34.5 Å². The van der Waals surface area contributed by atoms with Crippen molar-refractivity contribution in [2.45, 2.75) is 38.6 Å². The van der Waals surface area contributed by atoms with Crippen LogP contribution in [0.3, 0.4) is 0 Å². The van der Waals surface area contributed by atoms with Gasteiger partial charge in [-0.2, -0.15) is 0 Å². The summed E-state index contributed by atoms with van der Waals surface area (Å²) in [6.07, 6.45) is 6.46. The molecule has 0 spiro atoms. The van der Waals surface area contributed by atoms with Crippen molar-refractivity contribution < 1.29 is 9.47 Å². The van der Waals surface area contributed by atoms with Gasteiger partial charge in [0.2, 0.25) is 0 Å². The topological polar surface area (TPSA) is 39.5 Å². The minimum atomic E-state index is 0.460. The van der Waals surface area contributed by atoms with Crippen LogP contribution in [0.1, 0.15) is 44.5 Å². The molecule has 136 valence electrons. The molecule has 0 N–H and O–H groups in total. The number of piperidine rings is 1. The van der Waals surface area contributed by atoms with Crippen LogP contribution < -0.4 is 9.47 Å². The summed E-state index contributed by atoms with van der Waals surface area (Å²) in [6.45, 7) is 8.22. The van der Waals surface area contributed by atoms with Crippen LogP contribution in [0, 0.1) is 0 Å². The number of likely N-dealkylation sites (tertiary alicyclic amines) is 1. The van der Waals surface area contributed by atoms with Crippen molar-refractivity contribution in [1.29, 1.82) is 0 Å². The molecule has 1 fully saturated rings. The Bertz CT molecular complexity index is 668. The van der Waals surface area contributed by atoms with Crippen molar-refractivity contribution in [3.05, 3.63) is 42.5 Å². The molecule has 1 aromatic heterocycles. The fourth-order valence-electron chi connectivity index (χ4n) is 3.57. The van der Waals surface area contributed by atoms with Crippen molar-refractivity contribution in [1.82, 2.24) is 14.5 Å². The highest BCUT2D eigenvalue weighted by Crippen LogP contribution is 2.28. The fraction of sp³-hybridized carbons (Fsp3) is 0.550. The minimum absolute atomic E-state index is 0.460.